The summed E-state index contributed by atoms with van der Waals surface area (Å²) in [7, 11) is 0. The summed E-state index contributed by atoms with van der Waals surface area (Å²) in [5.74, 6) is 0.633. The van der Waals surface area contributed by atoms with Gasteiger partial charge in [-0.05, 0) is 35.7 Å². The molecule has 0 amide bonds. The molecular weight excluding hydrogens is 264 g/mol. The molecule has 21 heavy (non-hydrogen) atoms. The van der Waals surface area contributed by atoms with Gasteiger partial charge in [-0.3, -0.25) is 4.79 Å². The fraction of sp³-hybridized carbons (Fsp3) is 0.278. The molecule has 106 valence electrons. The Balaban J connectivity index is 1.60. The molecule has 2 fully saturated rings. The van der Waals surface area contributed by atoms with Gasteiger partial charge in [0.05, 0.1) is 11.8 Å². The predicted octanol–water partition coefficient (Wildman–Crippen LogP) is 3.68. The molecule has 1 saturated carbocycles. The van der Waals surface area contributed by atoms with E-state index in [1.165, 1.54) is 5.39 Å². The summed E-state index contributed by atoms with van der Waals surface area (Å²) < 4.78 is 11.3. The van der Waals surface area contributed by atoms with Crippen LogP contribution in [0.15, 0.2) is 54.6 Å². The molecule has 4 rings (SSSR count). The molecule has 3 atom stereocenters. The molecule has 1 aliphatic heterocycles. The van der Waals surface area contributed by atoms with Crippen molar-refractivity contribution in [2.45, 2.75) is 19.1 Å². The van der Waals surface area contributed by atoms with E-state index in [-0.39, 0.29) is 17.8 Å². The number of carbonyl (C=O) groups is 1. The van der Waals surface area contributed by atoms with Gasteiger partial charge in [0, 0.05) is 0 Å². The molecule has 0 unspecified atom stereocenters. The minimum Gasteiger partial charge on any atom is -0.454 e. The van der Waals surface area contributed by atoms with Crippen LogP contribution in [0, 0.1) is 11.8 Å². The number of hydrogen-bond acceptors (Lipinski definition) is 3. The van der Waals surface area contributed by atoms with Crippen molar-refractivity contribution < 1.29 is 14.3 Å². The molecular formula is C18H16O3. The van der Waals surface area contributed by atoms with Crippen molar-refractivity contribution in [1.29, 1.82) is 0 Å². The van der Waals surface area contributed by atoms with E-state index in [1.54, 1.807) is 0 Å². The standard InChI is InChI=1S/C18H16O3/c1-11-8-15-16(9-11)18(21-17(15)19)20-14-7-6-12-4-2-3-5-13(12)10-14/h2-7,10,15-16,18H,1,8-9H2/t15-,16+,18+/m1/s1. The van der Waals surface area contributed by atoms with Gasteiger partial charge in [0.25, 0.3) is 0 Å². The monoisotopic (exact) mass is 280 g/mol. The van der Waals surface area contributed by atoms with Crippen LogP contribution in [-0.4, -0.2) is 12.3 Å². The number of benzene rings is 2. The number of esters is 1. The number of rotatable bonds is 2. The van der Waals surface area contributed by atoms with E-state index in [0.717, 1.165) is 29.6 Å². The average molecular weight is 280 g/mol. The summed E-state index contributed by atoms with van der Waals surface area (Å²) in [6.45, 7) is 3.99. The van der Waals surface area contributed by atoms with Crippen molar-refractivity contribution in [3.63, 3.8) is 0 Å². The molecule has 0 radical (unpaired) electrons. The molecule has 1 saturated heterocycles. The molecule has 2 aromatic rings. The Morgan fingerprint density at radius 1 is 1.10 bits per heavy atom. The Kier molecular flexibility index (Phi) is 2.74. The normalized spacial score (nSPS) is 27.7. The summed E-state index contributed by atoms with van der Waals surface area (Å²) in [6, 6.07) is 14.0. The molecule has 0 bridgehead atoms. The van der Waals surface area contributed by atoms with Crippen molar-refractivity contribution in [1.82, 2.24) is 0 Å². The second-order valence-electron chi connectivity index (χ2n) is 5.86. The number of fused-ring (bicyclic) bond motifs is 2. The summed E-state index contributed by atoms with van der Waals surface area (Å²) in [5, 5.41) is 2.28. The minimum absolute atomic E-state index is 0.0667. The van der Waals surface area contributed by atoms with Crippen molar-refractivity contribution in [3.8, 4) is 5.75 Å². The second-order valence-corrected chi connectivity index (χ2v) is 5.86. The van der Waals surface area contributed by atoms with Crippen LogP contribution in [0.25, 0.3) is 10.8 Å². The van der Waals surface area contributed by atoms with Crippen LogP contribution in [0.4, 0.5) is 0 Å². The highest BCUT2D eigenvalue weighted by atomic mass is 16.7. The van der Waals surface area contributed by atoms with Crippen molar-refractivity contribution in [2.24, 2.45) is 11.8 Å². The zero-order valence-electron chi connectivity index (χ0n) is 11.6. The van der Waals surface area contributed by atoms with Crippen molar-refractivity contribution in [2.75, 3.05) is 0 Å². The van der Waals surface area contributed by atoms with Gasteiger partial charge >= 0.3 is 5.97 Å². The van der Waals surface area contributed by atoms with Crippen molar-refractivity contribution in [3.05, 3.63) is 54.6 Å². The number of allylic oxidation sites excluding steroid dienone is 1. The number of carbonyl (C=O) groups excluding carboxylic acids is 1. The molecule has 0 spiro atoms. The minimum atomic E-state index is -0.483. The molecule has 1 aliphatic carbocycles. The number of hydrogen-bond donors (Lipinski definition) is 0. The summed E-state index contributed by atoms with van der Waals surface area (Å²) >= 11 is 0. The van der Waals surface area contributed by atoms with Crippen LogP contribution < -0.4 is 4.74 Å². The van der Waals surface area contributed by atoms with E-state index in [9.17, 15) is 4.79 Å². The van der Waals surface area contributed by atoms with Gasteiger partial charge in [0.2, 0.25) is 6.29 Å². The highest BCUT2D eigenvalue weighted by Crippen LogP contribution is 2.44. The number of cyclic esters (lactones) is 1. The second kappa shape index (κ2) is 4.62. The van der Waals surface area contributed by atoms with Gasteiger partial charge in [0.15, 0.2) is 0 Å². The molecule has 1 heterocycles. The Labute approximate surface area is 123 Å². The predicted molar refractivity (Wildman–Crippen MR) is 79.8 cm³/mol. The van der Waals surface area contributed by atoms with Gasteiger partial charge in [-0.25, -0.2) is 0 Å². The molecule has 0 aromatic heterocycles. The van der Waals surface area contributed by atoms with Gasteiger partial charge in [-0.1, -0.05) is 42.5 Å². The first-order valence-corrected chi connectivity index (χ1v) is 7.23. The van der Waals surface area contributed by atoms with Crippen LogP contribution in [0.5, 0.6) is 5.75 Å². The zero-order valence-corrected chi connectivity index (χ0v) is 11.6. The topological polar surface area (TPSA) is 35.5 Å². The average Bonchev–Trinajstić information content (AvgIpc) is 2.99. The van der Waals surface area contributed by atoms with E-state index < -0.39 is 6.29 Å². The summed E-state index contributed by atoms with van der Waals surface area (Å²) in [6.07, 6.45) is 1.07. The van der Waals surface area contributed by atoms with Crippen LogP contribution in [0.2, 0.25) is 0 Å². The first-order chi connectivity index (χ1) is 10.2. The van der Waals surface area contributed by atoms with Crippen LogP contribution in [0.1, 0.15) is 12.8 Å². The SMILES string of the molecule is C=C1C[C@@H]2[C@@H](Oc3ccc4ccccc4c3)OC(=O)[C@@H]2C1. The smallest absolute Gasteiger partial charge is 0.312 e. The van der Waals surface area contributed by atoms with Crippen LogP contribution in [-0.2, 0) is 9.53 Å². The lowest BCUT2D eigenvalue weighted by Gasteiger charge is -2.18. The third kappa shape index (κ3) is 2.09. The first-order valence-electron chi connectivity index (χ1n) is 7.23. The fourth-order valence-electron chi connectivity index (χ4n) is 3.34. The lowest BCUT2D eigenvalue weighted by molar-refractivity contribution is -0.154. The van der Waals surface area contributed by atoms with Gasteiger partial charge in [-0.15, -0.1) is 0 Å². The first kappa shape index (κ1) is 12.5. The fourth-order valence-corrected chi connectivity index (χ4v) is 3.34. The third-order valence-corrected chi connectivity index (χ3v) is 4.41. The Morgan fingerprint density at radius 3 is 2.76 bits per heavy atom. The maximum atomic E-state index is 11.9. The Bertz CT molecular complexity index is 734. The van der Waals surface area contributed by atoms with Gasteiger partial charge in [-0.2, -0.15) is 0 Å². The lowest BCUT2D eigenvalue weighted by Crippen LogP contribution is -2.23. The maximum absolute atomic E-state index is 11.9. The molecule has 0 N–H and O–H groups in total. The highest BCUT2D eigenvalue weighted by Gasteiger charge is 2.49. The highest BCUT2D eigenvalue weighted by molar-refractivity contribution is 5.83. The Morgan fingerprint density at radius 2 is 1.90 bits per heavy atom. The summed E-state index contributed by atoms with van der Waals surface area (Å²) in [5.41, 5.74) is 1.12. The van der Waals surface area contributed by atoms with E-state index >= 15 is 0 Å². The quantitative estimate of drug-likeness (QED) is 0.622. The molecule has 3 heteroatoms. The van der Waals surface area contributed by atoms with Crippen LogP contribution in [0.3, 0.4) is 0 Å². The molecule has 3 nitrogen and oxygen atoms in total. The van der Waals surface area contributed by atoms with Gasteiger partial charge in [0.1, 0.15) is 5.75 Å². The largest absolute Gasteiger partial charge is 0.454 e. The maximum Gasteiger partial charge on any atom is 0.312 e. The zero-order chi connectivity index (χ0) is 14.4. The van der Waals surface area contributed by atoms with Crippen LogP contribution >= 0.6 is 0 Å². The molecule has 2 aliphatic rings. The third-order valence-electron chi connectivity index (χ3n) is 4.41. The van der Waals surface area contributed by atoms with E-state index in [2.05, 4.69) is 12.6 Å². The Hall–Kier alpha value is -2.29. The number of ether oxygens (including phenoxy) is 2. The van der Waals surface area contributed by atoms with E-state index in [4.69, 9.17) is 9.47 Å². The van der Waals surface area contributed by atoms with Gasteiger partial charge < -0.3 is 9.47 Å². The van der Waals surface area contributed by atoms with Crippen molar-refractivity contribution >= 4 is 16.7 Å². The molecule has 2 aromatic carbocycles. The summed E-state index contributed by atoms with van der Waals surface area (Å²) in [4.78, 5) is 11.9. The lowest BCUT2D eigenvalue weighted by atomic mass is 9.99. The van der Waals surface area contributed by atoms with E-state index in [0.29, 0.717) is 0 Å². The van der Waals surface area contributed by atoms with E-state index in [1.807, 2.05) is 36.4 Å².